The Hall–Kier alpha value is -1.26. The average molecular weight is 228 g/mol. The van der Waals surface area contributed by atoms with E-state index in [1.165, 1.54) is 19.3 Å². The van der Waals surface area contributed by atoms with Crippen LogP contribution < -0.4 is 0 Å². The van der Waals surface area contributed by atoms with E-state index in [0.717, 1.165) is 18.4 Å². The van der Waals surface area contributed by atoms with E-state index in [1.54, 1.807) is 0 Å². The molecule has 0 aliphatic heterocycles. The van der Waals surface area contributed by atoms with E-state index in [2.05, 4.69) is 11.8 Å². The molecule has 17 heavy (non-hydrogen) atoms. The fourth-order valence-electron chi connectivity index (χ4n) is 2.49. The van der Waals surface area contributed by atoms with Gasteiger partial charge < -0.3 is 5.11 Å². The summed E-state index contributed by atoms with van der Waals surface area (Å²) in [5, 5.41) is 10.4. The highest BCUT2D eigenvalue weighted by Gasteiger charge is 2.30. The van der Waals surface area contributed by atoms with Crippen LogP contribution in [0, 0.1) is 17.8 Å². The van der Waals surface area contributed by atoms with Crippen molar-refractivity contribution >= 4 is 0 Å². The van der Waals surface area contributed by atoms with E-state index in [9.17, 15) is 5.11 Å². The molecule has 1 aliphatic carbocycles. The Morgan fingerprint density at radius 3 is 2.41 bits per heavy atom. The standard InChI is InChI=1S/C16H20O/c1-16(17,15-10-6-3-7-11-15)13-12-14-8-4-2-5-9-14/h2,4-5,8-9,15,17H,3,6-7,10-11H2,1H3/t16-/m1/s1. The summed E-state index contributed by atoms with van der Waals surface area (Å²) in [5.41, 5.74) is 0.138. The van der Waals surface area contributed by atoms with E-state index in [0.29, 0.717) is 5.92 Å². The Bertz CT molecular complexity index is 402. The molecule has 0 bridgehead atoms. The Morgan fingerprint density at radius 2 is 1.76 bits per heavy atom. The number of hydrogen-bond donors (Lipinski definition) is 1. The zero-order valence-electron chi connectivity index (χ0n) is 10.4. The third kappa shape index (κ3) is 3.35. The minimum atomic E-state index is -0.837. The van der Waals surface area contributed by atoms with Crippen LogP contribution in [0.3, 0.4) is 0 Å². The van der Waals surface area contributed by atoms with Crippen LogP contribution in [0.25, 0.3) is 0 Å². The van der Waals surface area contributed by atoms with Crippen molar-refractivity contribution in [3.63, 3.8) is 0 Å². The number of hydrogen-bond acceptors (Lipinski definition) is 1. The summed E-state index contributed by atoms with van der Waals surface area (Å²) in [4.78, 5) is 0. The molecule has 0 radical (unpaired) electrons. The van der Waals surface area contributed by atoms with Crippen LogP contribution in [0.2, 0.25) is 0 Å². The van der Waals surface area contributed by atoms with Gasteiger partial charge in [0.05, 0.1) is 0 Å². The van der Waals surface area contributed by atoms with Crippen molar-refractivity contribution in [3.05, 3.63) is 35.9 Å². The lowest BCUT2D eigenvalue weighted by Crippen LogP contribution is -2.34. The lowest BCUT2D eigenvalue weighted by Gasteiger charge is -2.31. The molecule has 1 saturated carbocycles. The van der Waals surface area contributed by atoms with Crippen LogP contribution in [0.15, 0.2) is 30.3 Å². The van der Waals surface area contributed by atoms with Gasteiger partial charge in [-0.2, -0.15) is 0 Å². The summed E-state index contributed by atoms with van der Waals surface area (Å²) >= 11 is 0. The van der Waals surface area contributed by atoms with Gasteiger partial charge in [-0.3, -0.25) is 0 Å². The number of benzene rings is 1. The van der Waals surface area contributed by atoms with Crippen molar-refractivity contribution < 1.29 is 5.11 Å². The minimum absolute atomic E-state index is 0.340. The van der Waals surface area contributed by atoms with Crippen molar-refractivity contribution in [3.8, 4) is 11.8 Å². The summed E-state index contributed by atoms with van der Waals surface area (Å²) in [6, 6.07) is 9.87. The summed E-state index contributed by atoms with van der Waals surface area (Å²) in [6.07, 6.45) is 5.98. The predicted molar refractivity (Wildman–Crippen MR) is 70.5 cm³/mol. The van der Waals surface area contributed by atoms with Crippen LogP contribution in [0.5, 0.6) is 0 Å². The average Bonchev–Trinajstić information content (AvgIpc) is 2.39. The molecule has 1 aliphatic rings. The maximum Gasteiger partial charge on any atom is 0.125 e. The lowest BCUT2D eigenvalue weighted by atomic mass is 9.78. The van der Waals surface area contributed by atoms with Gasteiger partial charge in [0.2, 0.25) is 0 Å². The predicted octanol–water partition coefficient (Wildman–Crippen LogP) is 3.37. The van der Waals surface area contributed by atoms with Crippen LogP contribution in [0.1, 0.15) is 44.6 Å². The first kappa shape index (κ1) is 12.2. The molecule has 90 valence electrons. The molecule has 1 aromatic rings. The molecule has 1 aromatic carbocycles. The van der Waals surface area contributed by atoms with Crippen molar-refractivity contribution in [2.24, 2.45) is 5.92 Å². The molecular formula is C16H20O. The third-order valence-electron chi connectivity index (χ3n) is 3.63. The number of rotatable bonds is 1. The molecule has 1 atom stereocenters. The Morgan fingerprint density at radius 1 is 1.12 bits per heavy atom. The van der Waals surface area contributed by atoms with Crippen LogP contribution in [-0.2, 0) is 0 Å². The Labute approximate surface area is 104 Å². The van der Waals surface area contributed by atoms with Crippen LogP contribution in [0.4, 0.5) is 0 Å². The van der Waals surface area contributed by atoms with Crippen molar-refractivity contribution in [2.75, 3.05) is 0 Å². The highest BCUT2D eigenvalue weighted by Crippen LogP contribution is 2.32. The van der Waals surface area contributed by atoms with Gasteiger partial charge in [-0.25, -0.2) is 0 Å². The van der Waals surface area contributed by atoms with Gasteiger partial charge in [0.1, 0.15) is 5.60 Å². The summed E-state index contributed by atoms with van der Waals surface area (Å²) < 4.78 is 0. The van der Waals surface area contributed by atoms with Gasteiger partial charge in [-0.1, -0.05) is 49.3 Å². The van der Waals surface area contributed by atoms with Crippen molar-refractivity contribution in [1.29, 1.82) is 0 Å². The maximum atomic E-state index is 10.4. The van der Waals surface area contributed by atoms with Gasteiger partial charge in [-0.15, -0.1) is 0 Å². The quantitative estimate of drug-likeness (QED) is 0.731. The topological polar surface area (TPSA) is 20.2 Å². The Kier molecular flexibility index (Phi) is 3.86. The molecule has 1 N–H and O–H groups in total. The van der Waals surface area contributed by atoms with Crippen LogP contribution >= 0.6 is 0 Å². The first-order valence-electron chi connectivity index (χ1n) is 6.49. The van der Waals surface area contributed by atoms with E-state index in [1.807, 2.05) is 37.3 Å². The summed E-state index contributed by atoms with van der Waals surface area (Å²) in [5.74, 6) is 6.47. The summed E-state index contributed by atoms with van der Waals surface area (Å²) in [7, 11) is 0. The second-order valence-electron chi connectivity index (χ2n) is 5.10. The molecule has 0 heterocycles. The first-order valence-corrected chi connectivity index (χ1v) is 6.49. The second kappa shape index (κ2) is 5.38. The van der Waals surface area contributed by atoms with Crippen molar-refractivity contribution in [2.45, 2.75) is 44.6 Å². The normalized spacial score (nSPS) is 20.1. The fourth-order valence-corrected chi connectivity index (χ4v) is 2.49. The SMILES string of the molecule is C[C@@](O)(C#Cc1ccccc1)C1CCCCC1. The number of aliphatic hydroxyl groups is 1. The second-order valence-corrected chi connectivity index (χ2v) is 5.10. The highest BCUT2D eigenvalue weighted by atomic mass is 16.3. The van der Waals surface area contributed by atoms with Gasteiger partial charge in [-0.05, 0) is 37.8 Å². The van der Waals surface area contributed by atoms with E-state index in [-0.39, 0.29) is 0 Å². The Balaban J connectivity index is 2.08. The molecule has 1 fully saturated rings. The van der Waals surface area contributed by atoms with E-state index < -0.39 is 5.60 Å². The lowest BCUT2D eigenvalue weighted by molar-refractivity contribution is 0.0368. The van der Waals surface area contributed by atoms with Gasteiger partial charge in [0.15, 0.2) is 0 Å². The minimum Gasteiger partial charge on any atom is -0.378 e. The van der Waals surface area contributed by atoms with Gasteiger partial charge in [0.25, 0.3) is 0 Å². The molecule has 1 heteroatoms. The molecular weight excluding hydrogens is 208 g/mol. The highest BCUT2D eigenvalue weighted by molar-refractivity contribution is 5.35. The first-order chi connectivity index (χ1) is 8.18. The zero-order valence-corrected chi connectivity index (χ0v) is 10.4. The summed E-state index contributed by atoms with van der Waals surface area (Å²) in [6.45, 7) is 1.86. The maximum absolute atomic E-state index is 10.4. The molecule has 0 saturated heterocycles. The van der Waals surface area contributed by atoms with Crippen molar-refractivity contribution in [1.82, 2.24) is 0 Å². The molecule has 0 spiro atoms. The molecule has 0 unspecified atom stereocenters. The zero-order chi connectivity index (χ0) is 12.1. The monoisotopic (exact) mass is 228 g/mol. The van der Waals surface area contributed by atoms with Gasteiger partial charge >= 0.3 is 0 Å². The van der Waals surface area contributed by atoms with Crippen LogP contribution in [-0.4, -0.2) is 10.7 Å². The third-order valence-corrected chi connectivity index (χ3v) is 3.63. The molecule has 2 rings (SSSR count). The molecule has 0 aromatic heterocycles. The van der Waals surface area contributed by atoms with E-state index >= 15 is 0 Å². The van der Waals surface area contributed by atoms with Gasteiger partial charge in [0, 0.05) is 5.56 Å². The largest absolute Gasteiger partial charge is 0.378 e. The van der Waals surface area contributed by atoms with E-state index in [4.69, 9.17) is 0 Å². The smallest absolute Gasteiger partial charge is 0.125 e. The fraction of sp³-hybridized carbons (Fsp3) is 0.500. The molecule has 1 nitrogen and oxygen atoms in total. The molecule has 0 amide bonds.